The quantitative estimate of drug-likeness (QED) is 0.820. The van der Waals surface area contributed by atoms with Crippen LogP contribution in [0.15, 0.2) is 36.7 Å². The summed E-state index contributed by atoms with van der Waals surface area (Å²) in [4.78, 5) is 4.75. The molecule has 1 saturated heterocycles. The van der Waals surface area contributed by atoms with Crippen LogP contribution in [0.1, 0.15) is 11.1 Å². The highest BCUT2D eigenvalue weighted by Gasteiger charge is 2.20. The molecule has 1 N–H and O–H groups in total. The van der Waals surface area contributed by atoms with Crippen LogP contribution in [0, 0.1) is 6.92 Å². The lowest BCUT2D eigenvalue weighted by molar-refractivity contribution is 0.0445. The lowest BCUT2D eigenvalue weighted by Gasteiger charge is -2.35. The lowest BCUT2D eigenvalue weighted by Crippen LogP contribution is -2.48. The van der Waals surface area contributed by atoms with Gasteiger partial charge >= 0.3 is 0 Å². The number of para-hydroxylation sites is 1. The highest BCUT2D eigenvalue weighted by molar-refractivity contribution is 5.31. The molecule has 1 aliphatic heterocycles. The Morgan fingerprint density at radius 2 is 1.88 bits per heavy atom. The number of rotatable bonds is 7. The Kier molecular flexibility index (Phi) is 6.07. The Morgan fingerprint density at radius 1 is 1.16 bits per heavy atom. The molecule has 1 atom stereocenters. The van der Waals surface area contributed by atoms with Gasteiger partial charge in [-0.3, -0.25) is 14.5 Å². The van der Waals surface area contributed by atoms with Crippen LogP contribution in [-0.2, 0) is 13.6 Å². The van der Waals surface area contributed by atoms with Crippen LogP contribution < -0.4 is 4.74 Å². The fraction of sp³-hybridized carbons (Fsp3) is 0.526. The summed E-state index contributed by atoms with van der Waals surface area (Å²) in [6.07, 6.45) is 3.53. The standard InChI is InChI=1S/C19H28N4O2/c1-16-5-3-4-6-19(16)25-15-18(24)14-23-9-7-22(8-10-23)13-17-11-20-21(2)12-17/h3-6,11-12,18,24H,7-10,13-15H2,1-2H3. The van der Waals surface area contributed by atoms with E-state index in [-0.39, 0.29) is 0 Å². The monoisotopic (exact) mass is 344 g/mol. The molecule has 0 radical (unpaired) electrons. The maximum Gasteiger partial charge on any atom is 0.122 e. The first-order chi connectivity index (χ1) is 12.1. The Bertz CT molecular complexity index is 665. The van der Waals surface area contributed by atoms with E-state index in [9.17, 15) is 5.11 Å². The van der Waals surface area contributed by atoms with Crippen LogP contribution in [0.5, 0.6) is 5.75 Å². The van der Waals surface area contributed by atoms with E-state index in [1.807, 2.05) is 49.1 Å². The van der Waals surface area contributed by atoms with Gasteiger partial charge in [-0.2, -0.15) is 5.10 Å². The Balaban J connectivity index is 1.37. The smallest absolute Gasteiger partial charge is 0.122 e. The van der Waals surface area contributed by atoms with Crippen molar-refractivity contribution in [2.24, 2.45) is 7.05 Å². The van der Waals surface area contributed by atoms with Gasteiger partial charge in [0.2, 0.25) is 0 Å². The molecule has 1 aromatic heterocycles. The first kappa shape index (κ1) is 17.9. The molecule has 0 aliphatic carbocycles. The van der Waals surface area contributed by atoms with Gasteiger partial charge in [-0.25, -0.2) is 0 Å². The van der Waals surface area contributed by atoms with E-state index in [0.717, 1.165) is 44.0 Å². The number of hydrogen-bond acceptors (Lipinski definition) is 5. The highest BCUT2D eigenvalue weighted by atomic mass is 16.5. The molecule has 6 nitrogen and oxygen atoms in total. The summed E-state index contributed by atoms with van der Waals surface area (Å²) in [5.74, 6) is 0.850. The van der Waals surface area contributed by atoms with Crippen LogP contribution >= 0.6 is 0 Å². The predicted octanol–water partition coefficient (Wildman–Crippen LogP) is 1.29. The molecular weight excluding hydrogens is 316 g/mol. The minimum Gasteiger partial charge on any atom is -0.491 e. The minimum atomic E-state index is -0.468. The molecule has 2 heterocycles. The molecule has 2 aromatic rings. The van der Waals surface area contributed by atoms with Gasteiger partial charge in [-0.05, 0) is 18.6 Å². The second kappa shape index (κ2) is 8.47. The number of piperazine rings is 1. The van der Waals surface area contributed by atoms with Crippen molar-refractivity contribution in [1.29, 1.82) is 0 Å². The number of hydrogen-bond donors (Lipinski definition) is 1. The number of ether oxygens (including phenoxy) is 1. The van der Waals surface area contributed by atoms with Crippen molar-refractivity contribution in [1.82, 2.24) is 19.6 Å². The van der Waals surface area contributed by atoms with E-state index in [2.05, 4.69) is 21.1 Å². The third-order valence-corrected chi connectivity index (χ3v) is 4.62. The van der Waals surface area contributed by atoms with Crippen LogP contribution in [0.4, 0.5) is 0 Å². The molecule has 0 spiro atoms. The van der Waals surface area contributed by atoms with Crippen molar-refractivity contribution in [3.63, 3.8) is 0 Å². The Hall–Kier alpha value is -1.89. The maximum atomic E-state index is 10.3. The maximum absolute atomic E-state index is 10.3. The molecule has 0 amide bonds. The topological polar surface area (TPSA) is 53.8 Å². The van der Waals surface area contributed by atoms with Gasteiger partial charge in [0.25, 0.3) is 0 Å². The van der Waals surface area contributed by atoms with E-state index in [4.69, 9.17) is 4.74 Å². The second-order valence-corrected chi connectivity index (χ2v) is 6.83. The van der Waals surface area contributed by atoms with Gasteiger partial charge < -0.3 is 9.84 Å². The molecule has 3 rings (SSSR count). The molecule has 1 aromatic carbocycles. The Labute approximate surface area is 149 Å². The minimum absolute atomic E-state index is 0.334. The van der Waals surface area contributed by atoms with E-state index in [0.29, 0.717) is 13.2 Å². The van der Waals surface area contributed by atoms with E-state index in [1.54, 1.807) is 0 Å². The summed E-state index contributed by atoms with van der Waals surface area (Å²) in [5, 5.41) is 14.5. The number of aliphatic hydroxyl groups is 1. The normalized spacial score (nSPS) is 17.6. The summed E-state index contributed by atoms with van der Waals surface area (Å²) in [7, 11) is 1.95. The number of benzene rings is 1. The zero-order valence-corrected chi connectivity index (χ0v) is 15.1. The largest absolute Gasteiger partial charge is 0.491 e. The van der Waals surface area contributed by atoms with Crippen molar-refractivity contribution in [3.05, 3.63) is 47.8 Å². The first-order valence-electron chi connectivity index (χ1n) is 8.89. The number of β-amino-alcohol motifs (C(OH)–C–C–N with tert-alkyl or cyclic N) is 1. The molecule has 136 valence electrons. The summed E-state index contributed by atoms with van der Waals surface area (Å²) >= 11 is 0. The van der Waals surface area contributed by atoms with Gasteiger partial charge in [0.15, 0.2) is 0 Å². The molecular formula is C19H28N4O2. The summed E-state index contributed by atoms with van der Waals surface area (Å²) in [6, 6.07) is 7.91. The molecule has 1 fully saturated rings. The number of aryl methyl sites for hydroxylation is 2. The van der Waals surface area contributed by atoms with Gasteiger partial charge in [-0.1, -0.05) is 18.2 Å². The molecule has 1 aliphatic rings. The molecule has 1 unspecified atom stereocenters. The van der Waals surface area contributed by atoms with E-state index >= 15 is 0 Å². The first-order valence-corrected chi connectivity index (χ1v) is 8.89. The van der Waals surface area contributed by atoms with Crippen molar-refractivity contribution in [2.75, 3.05) is 39.3 Å². The number of nitrogens with zero attached hydrogens (tertiary/aromatic N) is 4. The van der Waals surface area contributed by atoms with Crippen LogP contribution in [0.3, 0.4) is 0 Å². The van der Waals surface area contributed by atoms with Crippen molar-refractivity contribution in [3.8, 4) is 5.75 Å². The Morgan fingerprint density at radius 3 is 2.56 bits per heavy atom. The van der Waals surface area contributed by atoms with Crippen LogP contribution in [0.2, 0.25) is 0 Å². The fourth-order valence-corrected chi connectivity index (χ4v) is 3.20. The molecule has 25 heavy (non-hydrogen) atoms. The van der Waals surface area contributed by atoms with Crippen molar-refractivity contribution < 1.29 is 9.84 Å². The SMILES string of the molecule is Cc1ccccc1OCC(O)CN1CCN(Cc2cnn(C)c2)CC1. The average molecular weight is 344 g/mol. The fourth-order valence-electron chi connectivity index (χ4n) is 3.20. The van der Waals surface area contributed by atoms with E-state index in [1.165, 1.54) is 5.56 Å². The third kappa shape index (κ3) is 5.29. The summed E-state index contributed by atoms with van der Waals surface area (Å²) < 4.78 is 7.59. The average Bonchev–Trinajstić information content (AvgIpc) is 3.01. The second-order valence-electron chi connectivity index (χ2n) is 6.83. The highest BCUT2D eigenvalue weighted by Crippen LogP contribution is 2.16. The molecule has 6 heteroatoms. The summed E-state index contributed by atoms with van der Waals surface area (Å²) in [6.45, 7) is 7.93. The third-order valence-electron chi connectivity index (χ3n) is 4.62. The van der Waals surface area contributed by atoms with Gasteiger partial charge in [0.05, 0.1) is 6.20 Å². The van der Waals surface area contributed by atoms with Gasteiger partial charge in [-0.15, -0.1) is 0 Å². The van der Waals surface area contributed by atoms with Gasteiger partial charge in [0.1, 0.15) is 18.5 Å². The lowest BCUT2D eigenvalue weighted by atomic mass is 10.2. The van der Waals surface area contributed by atoms with Crippen LogP contribution in [-0.4, -0.2) is 70.1 Å². The molecule has 0 saturated carbocycles. The number of aliphatic hydroxyl groups excluding tert-OH is 1. The van der Waals surface area contributed by atoms with Crippen molar-refractivity contribution in [2.45, 2.75) is 19.6 Å². The van der Waals surface area contributed by atoms with Gasteiger partial charge in [0, 0.05) is 58.1 Å². The van der Waals surface area contributed by atoms with Crippen LogP contribution in [0.25, 0.3) is 0 Å². The zero-order valence-electron chi connectivity index (χ0n) is 15.1. The number of aromatic nitrogens is 2. The predicted molar refractivity (Wildman–Crippen MR) is 97.6 cm³/mol. The summed E-state index contributed by atoms with van der Waals surface area (Å²) in [5.41, 5.74) is 2.35. The molecule has 0 bridgehead atoms. The zero-order chi connectivity index (χ0) is 17.6. The van der Waals surface area contributed by atoms with Crippen molar-refractivity contribution >= 4 is 0 Å². The van der Waals surface area contributed by atoms with E-state index < -0.39 is 6.10 Å².